The van der Waals surface area contributed by atoms with E-state index in [0.29, 0.717) is 0 Å². The lowest BCUT2D eigenvalue weighted by Crippen LogP contribution is -2.25. The topological polar surface area (TPSA) is 29.1 Å². The van der Waals surface area contributed by atoms with Gasteiger partial charge < -0.3 is 0 Å². The zero-order valence-electron chi connectivity index (χ0n) is 14.6. The van der Waals surface area contributed by atoms with E-state index >= 15 is 0 Å². The highest BCUT2D eigenvalue weighted by atomic mass is 32.2. The second-order valence-electron chi connectivity index (χ2n) is 6.22. The molecule has 0 spiro atoms. The van der Waals surface area contributed by atoms with Crippen LogP contribution in [0.4, 0.5) is 0 Å². The highest BCUT2D eigenvalue weighted by molar-refractivity contribution is 7.83. The van der Waals surface area contributed by atoms with Gasteiger partial charge in [0, 0.05) is 6.04 Å². The molecule has 0 aliphatic carbocycles. The van der Waals surface area contributed by atoms with E-state index in [1.54, 1.807) is 0 Å². The summed E-state index contributed by atoms with van der Waals surface area (Å²) in [5, 5.41) is 0. The summed E-state index contributed by atoms with van der Waals surface area (Å²) in [5.41, 5.74) is 4.61. The third kappa shape index (κ3) is 4.76. The van der Waals surface area contributed by atoms with Crippen LogP contribution in [0.5, 0.6) is 0 Å². The van der Waals surface area contributed by atoms with Gasteiger partial charge in [0.15, 0.2) is 0 Å². The van der Waals surface area contributed by atoms with Gasteiger partial charge in [-0.05, 0) is 43.9 Å². The zero-order chi connectivity index (χ0) is 16.8. The Balaban J connectivity index is 2.24. The van der Waals surface area contributed by atoms with Crippen molar-refractivity contribution in [2.45, 2.75) is 57.9 Å². The largest absolute Gasteiger partial charge is 0.237 e. The Bertz CT molecular complexity index is 644. The first-order chi connectivity index (χ1) is 11.0. The first kappa shape index (κ1) is 17.9. The molecule has 0 aromatic heterocycles. The molecule has 2 atom stereocenters. The van der Waals surface area contributed by atoms with Gasteiger partial charge in [0.1, 0.15) is 11.0 Å². The van der Waals surface area contributed by atoms with Crippen LogP contribution < -0.4 is 4.72 Å². The summed E-state index contributed by atoms with van der Waals surface area (Å²) >= 11 is 0. The summed E-state index contributed by atoms with van der Waals surface area (Å²) in [6, 6.07) is 14.7. The lowest BCUT2D eigenvalue weighted by Gasteiger charge is -2.20. The molecule has 1 N–H and O–H groups in total. The second-order valence-corrected chi connectivity index (χ2v) is 7.40. The van der Waals surface area contributed by atoms with Crippen LogP contribution in [0.3, 0.4) is 0 Å². The van der Waals surface area contributed by atoms with Gasteiger partial charge in [-0.25, -0.2) is 8.93 Å². The Kier molecular flexibility index (Phi) is 6.55. The molecule has 0 heterocycles. The minimum absolute atomic E-state index is 0.122. The van der Waals surface area contributed by atoms with Gasteiger partial charge in [-0.15, -0.1) is 0 Å². The number of hydrogen-bond acceptors (Lipinski definition) is 1. The molecule has 1 unspecified atom stereocenters. The summed E-state index contributed by atoms with van der Waals surface area (Å²) in [6.07, 6.45) is 3.26. The van der Waals surface area contributed by atoms with Crippen molar-refractivity contribution in [1.82, 2.24) is 4.72 Å². The molecular formula is C20H27NOS. The van der Waals surface area contributed by atoms with Crippen LogP contribution in [-0.4, -0.2) is 4.21 Å². The number of benzene rings is 2. The molecule has 0 bridgehead atoms. The third-order valence-corrected chi connectivity index (χ3v) is 5.60. The number of unbranched alkanes of at least 4 members (excludes halogenated alkanes) is 1. The van der Waals surface area contributed by atoms with Crippen LogP contribution in [0.25, 0.3) is 0 Å². The first-order valence-corrected chi connectivity index (χ1v) is 9.48. The third-order valence-electron chi connectivity index (χ3n) is 4.09. The summed E-state index contributed by atoms with van der Waals surface area (Å²) < 4.78 is 16.3. The molecule has 23 heavy (non-hydrogen) atoms. The molecule has 0 aliphatic rings. The molecule has 2 aromatic carbocycles. The zero-order valence-corrected chi connectivity index (χ0v) is 15.4. The maximum atomic E-state index is 12.9. The molecule has 0 amide bonds. The van der Waals surface area contributed by atoms with E-state index in [4.69, 9.17) is 0 Å². The van der Waals surface area contributed by atoms with Gasteiger partial charge in [0.25, 0.3) is 0 Å². The lowest BCUT2D eigenvalue weighted by molar-refractivity contribution is 0.558. The van der Waals surface area contributed by atoms with Crippen LogP contribution in [-0.2, 0) is 11.0 Å². The number of nitrogens with one attached hydrogen (secondary N) is 1. The Morgan fingerprint density at radius 3 is 2.22 bits per heavy atom. The standard InChI is InChI=1S/C20H27NOS/c1-5-6-12-19(18-10-8-7-9-11-18)21-23(22)20-16(3)13-15(2)14-17(20)4/h7-11,13-14,19,21H,5-6,12H2,1-4H3/t19-,23?/m1/s1. The number of hydrogen-bond donors (Lipinski definition) is 1. The maximum Gasteiger partial charge on any atom is 0.126 e. The van der Waals surface area contributed by atoms with Crippen LogP contribution in [0.1, 0.15) is 54.5 Å². The molecule has 0 fully saturated rings. The molecule has 2 aromatic rings. The summed E-state index contributed by atoms with van der Waals surface area (Å²) in [6.45, 7) is 8.35. The quantitative estimate of drug-likeness (QED) is 0.747. The molecule has 3 heteroatoms. The summed E-state index contributed by atoms with van der Waals surface area (Å²) in [5.74, 6) is 0. The average molecular weight is 330 g/mol. The minimum Gasteiger partial charge on any atom is -0.237 e. The van der Waals surface area contributed by atoms with Crippen molar-refractivity contribution < 1.29 is 4.21 Å². The molecule has 2 nitrogen and oxygen atoms in total. The molecule has 0 saturated heterocycles. The van der Waals surface area contributed by atoms with Crippen LogP contribution >= 0.6 is 0 Å². The Labute approximate surface area is 142 Å². The molecule has 2 rings (SSSR count). The number of aryl methyl sites for hydroxylation is 3. The van der Waals surface area contributed by atoms with E-state index < -0.39 is 11.0 Å². The molecule has 0 aliphatic heterocycles. The Morgan fingerprint density at radius 1 is 1.04 bits per heavy atom. The Hall–Kier alpha value is -1.45. The van der Waals surface area contributed by atoms with Crippen molar-refractivity contribution in [2.24, 2.45) is 0 Å². The van der Waals surface area contributed by atoms with Gasteiger partial charge in [0.05, 0.1) is 4.90 Å². The van der Waals surface area contributed by atoms with E-state index in [9.17, 15) is 4.21 Å². The van der Waals surface area contributed by atoms with Gasteiger partial charge in [-0.3, -0.25) is 0 Å². The fraction of sp³-hybridized carbons (Fsp3) is 0.400. The fourth-order valence-electron chi connectivity index (χ4n) is 3.03. The van der Waals surface area contributed by atoms with E-state index in [0.717, 1.165) is 35.3 Å². The van der Waals surface area contributed by atoms with Crippen molar-refractivity contribution >= 4 is 11.0 Å². The van der Waals surface area contributed by atoms with E-state index in [2.05, 4.69) is 42.8 Å². The van der Waals surface area contributed by atoms with E-state index in [1.165, 1.54) is 11.1 Å². The number of rotatable bonds is 7. The van der Waals surface area contributed by atoms with Gasteiger partial charge in [-0.1, -0.05) is 67.8 Å². The normalized spacial score (nSPS) is 13.7. The van der Waals surface area contributed by atoms with Gasteiger partial charge >= 0.3 is 0 Å². The Morgan fingerprint density at radius 2 is 1.65 bits per heavy atom. The van der Waals surface area contributed by atoms with E-state index in [1.807, 2.05) is 32.0 Å². The van der Waals surface area contributed by atoms with Crippen molar-refractivity contribution in [2.75, 3.05) is 0 Å². The smallest absolute Gasteiger partial charge is 0.126 e. The molecule has 0 radical (unpaired) electrons. The monoisotopic (exact) mass is 329 g/mol. The fourth-order valence-corrected chi connectivity index (χ4v) is 4.37. The maximum absolute atomic E-state index is 12.9. The summed E-state index contributed by atoms with van der Waals surface area (Å²) in [4.78, 5) is 0.924. The molecule has 0 saturated carbocycles. The summed E-state index contributed by atoms with van der Waals surface area (Å²) in [7, 11) is -1.20. The van der Waals surface area contributed by atoms with Crippen molar-refractivity contribution in [3.63, 3.8) is 0 Å². The first-order valence-electron chi connectivity index (χ1n) is 8.33. The predicted molar refractivity (Wildman–Crippen MR) is 98.9 cm³/mol. The highest BCUT2D eigenvalue weighted by Gasteiger charge is 2.17. The second kappa shape index (κ2) is 8.42. The average Bonchev–Trinajstić information content (AvgIpc) is 2.51. The SMILES string of the molecule is CCCC[C@@H](NS(=O)c1c(C)cc(C)cc1C)c1ccccc1. The van der Waals surface area contributed by atoms with Crippen LogP contribution in [0.2, 0.25) is 0 Å². The van der Waals surface area contributed by atoms with Crippen molar-refractivity contribution in [1.29, 1.82) is 0 Å². The van der Waals surface area contributed by atoms with E-state index in [-0.39, 0.29) is 6.04 Å². The van der Waals surface area contributed by atoms with Crippen molar-refractivity contribution in [3.05, 3.63) is 64.7 Å². The van der Waals surface area contributed by atoms with Crippen LogP contribution in [0, 0.1) is 20.8 Å². The van der Waals surface area contributed by atoms with Gasteiger partial charge in [-0.2, -0.15) is 0 Å². The molecule has 124 valence electrons. The van der Waals surface area contributed by atoms with Crippen molar-refractivity contribution in [3.8, 4) is 0 Å². The molecular weight excluding hydrogens is 302 g/mol. The van der Waals surface area contributed by atoms with Crippen LogP contribution in [0.15, 0.2) is 47.4 Å². The van der Waals surface area contributed by atoms with Gasteiger partial charge in [0.2, 0.25) is 0 Å². The highest BCUT2D eigenvalue weighted by Crippen LogP contribution is 2.24. The predicted octanol–water partition coefficient (Wildman–Crippen LogP) is 5.16. The minimum atomic E-state index is -1.20. The lowest BCUT2D eigenvalue weighted by atomic mass is 10.0.